The number of benzene rings is 1. The van der Waals surface area contributed by atoms with E-state index in [1.807, 2.05) is 17.7 Å². The zero-order chi connectivity index (χ0) is 27.3. The summed E-state index contributed by atoms with van der Waals surface area (Å²) in [6.07, 6.45) is 6.98. The summed E-state index contributed by atoms with van der Waals surface area (Å²) in [5.74, 6) is 0.917. The molecule has 2 bridgehead atoms. The van der Waals surface area contributed by atoms with Crippen molar-refractivity contribution in [2.24, 2.45) is 0 Å². The average molecular weight is 588 g/mol. The van der Waals surface area contributed by atoms with Gasteiger partial charge in [0.2, 0.25) is 0 Å². The van der Waals surface area contributed by atoms with Gasteiger partial charge in [-0.05, 0) is 57.5 Å². The van der Waals surface area contributed by atoms with Gasteiger partial charge in [0, 0.05) is 57.8 Å². The van der Waals surface area contributed by atoms with Crippen molar-refractivity contribution >= 4 is 68.5 Å². The number of hydrogen-bond acceptors (Lipinski definition) is 9. The van der Waals surface area contributed by atoms with Gasteiger partial charge in [-0.3, -0.25) is 4.57 Å². The molecule has 1 aromatic carbocycles. The average Bonchev–Trinajstić information content (AvgIpc) is 3.47. The highest BCUT2D eigenvalue weighted by Crippen LogP contribution is 2.44. The maximum absolute atomic E-state index is 14.6. The van der Waals surface area contributed by atoms with Crippen molar-refractivity contribution in [3.8, 4) is 0 Å². The SMILES string of the molecule is C=C/C(F)=c1/sc(N)n/c1=C\c1c(Cl)cc2c(N3CC4CCC(C3)N4)nc(=O)n3c2c1SCC3CCCNC. The molecule has 3 aromatic rings. The number of halogens is 2. The third kappa shape index (κ3) is 4.88. The predicted molar refractivity (Wildman–Crippen MR) is 160 cm³/mol. The Hall–Kier alpha value is -2.44. The highest BCUT2D eigenvalue weighted by Gasteiger charge is 2.35. The van der Waals surface area contributed by atoms with Crippen molar-refractivity contribution in [3.63, 3.8) is 0 Å². The second-order valence-corrected chi connectivity index (χ2v) is 12.8. The summed E-state index contributed by atoms with van der Waals surface area (Å²) in [5, 5.41) is 8.88. The van der Waals surface area contributed by atoms with E-state index in [0.29, 0.717) is 44.1 Å². The maximum Gasteiger partial charge on any atom is 0.350 e. The third-order valence-corrected chi connectivity index (χ3v) is 10.2. The van der Waals surface area contributed by atoms with Crippen LogP contribution in [0.1, 0.15) is 37.3 Å². The molecule has 2 fully saturated rings. The van der Waals surface area contributed by atoms with E-state index in [1.165, 1.54) is 0 Å². The number of thiazole rings is 1. The van der Waals surface area contributed by atoms with Crippen molar-refractivity contribution in [3.05, 3.63) is 49.7 Å². The maximum atomic E-state index is 14.6. The topological polar surface area (TPSA) is 101 Å². The Morgan fingerprint density at radius 2 is 2.13 bits per heavy atom. The van der Waals surface area contributed by atoms with Crippen LogP contribution in [0.2, 0.25) is 5.02 Å². The van der Waals surface area contributed by atoms with Gasteiger partial charge in [-0.25, -0.2) is 14.2 Å². The minimum atomic E-state index is -0.491. The minimum Gasteiger partial charge on any atom is -0.375 e. The second-order valence-electron chi connectivity index (χ2n) is 10.3. The van der Waals surface area contributed by atoms with Crippen molar-refractivity contribution in [2.75, 3.05) is 43.1 Å². The number of anilines is 2. The number of nitrogens with two attached hydrogens (primary N) is 1. The van der Waals surface area contributed by atoms with Crippen molar-refractivity contribution in [1.82, 2.24) is 25.2 Å². The summed E-state index contributed by atoms with van der Waals surface area (Å²) in [7, 11) is 1.93. The van der Waals surface area contributed by atoms with Gasteiger partial charge in [-0.1, -0.05) is 29.5 Å². The number of nitrogens with one attached hydrogen (secondary N) is 2. The van der Waals surface area contributed by atoms with Gasteiger partial charge in [0.05, 0.1) is 15.4 Å². The fraction of sp³-hybridized carbons (Fsp3) is 0.444. The lowest BCUT2D eigenvalue weighted by Crippen LogP contribution is -2.52. The van der Waals surface area contributed by atoms with E-state index in [4.69, 9.17) is 17.3 Å². The normalized spacial score (nSPS) is 23.5. The minimum absolute atomic E-state index is 0.0117. The number of aromatic nitrogens is 3. The van der Waals surface area contributed by atoms with Gasteiger partial charge < -0.3 is 21.3 Å². The van der Waals surface area contributed by atoms with E-state index >= 15 is 0 Å². The van der Waals surface area contributed by atoms with E-state index in [9.17, 15) is 9.18 Å². The number of rotatable bonds is 7. The molecule has 0 aliphatic carbocycles. The Labute approximate surface area is 238 Å². The van der Waals surface area contributed by atoms with E-state index in [1.54, 1.807) is 17.8 Å². The van der Waals surface area contributed by atoms with Crippen LogP contribution in [0, 0.1) is 0 Å². The van der Waals surface area contributed by atoms with Crippen LogP contribution in [0.5, 0.6) is 0 Å². The first-order valence-corrected chi connectivity index (χ1v) is 15.4. The molecule has 206 valence electrons. The summed E-state index contributed by atoms with van der Waals surface area (Å²) in [6, 6.07) is 2.71. The van der Waals surface area contributed by atoms with Crippen molar-refractivity contribution in [2.45, 2.75) is 48.7 Å². The molecule has 0 radical (unpaired) electrons. The van der Waals surface area contributed by atoms with Crippen LogP contribution < -0.4 is 36.8 Å². The van der Waals surface area contributed by atoms with Gasteiger partial charge in [0.25, 0.3) is 0 Å². The Bertz CT molecular complexity index is 1630. The second kappa shape index (κ2) is 10.9. The lowest BCUT2D eigenvalue weighted by atomic mass is 10.1. The molecular weight excluding hydrogens is 557 g/mol. The number of allylic oxidation sites excluding steroid dienone is 1. The lowest BCUT2D eigenvalue weighted by molar-refractivity contribution is 0.459. The van der Waals surface area contributed by atoms with Crippen LogP contribution in [0.15, 0.2) is 28.4 Å². The quantitative estimate of drug-likeness (QED) is 0.363. The number of thioether (sulfide) groups is 1. The van der Waals surface area contributed by atoms with Crippen LogP contribution in [-0.4, -0.2) is 59.1 Å². The molecule has 3 aliphatic rings. The van der Waals surface area contributed by atoms with Crippen LogP contribution in [0.25, 0.3) is 22.8 Å². The van der Waals surface area contributed by atoms with Gasteiger partial charge in [0.1, 0.15) is 11.6 Å². The molecule has 5 heterocycles. The largest absolute Gasteiger partial charge is 0.375 e. The molecule has 6 rings (SSSR count). The molecule has 0 spiro atoms. The first kappa shape index (κ1) is 26.8. The van der Waals surface area contributed by atoms with Crippen molar-refractivity contribution < 1.29 is 4.39 Å². The fourth-order valence-corrected chi connectivity index (χ4v) is 8.40. The Morgan fingerprint density at radius 3 is 2.85 bits per heavy atom. The predicted octanol–water partition coefficient (Wildman–Crippen LogP) is 2.77. The highest BCUT2D eigenvalue weighted by atomic mass is 35.5. The van der Waals surface area contributed by atoms with E-state index in [2.05, 4.69) is 32.1 Å². The number of hydrogen-bond donors (Lipinski definition) is 3. The van der Waals surface area contributed by atoms with Crippen molar-refractivity contribution in [1.29, 1.82) is 0 Å². The molecule has 3 aliphatic heterocycles. The standard InChI is InChI=1S/C27H31ClFN7OS2/c1-3-20(29)24-21(33-26(30)39-24)10-17-19(28)9-18-22-23(17)38-13-16(5-4-8-31-2)36(22)27(37)34-25(18)35-11-14-6-7-15(12-35)32-14/h3,9-10,14-16,31-32H,1,4-8,11-13H2,2H3,(H2,30,33)/b21-10-,24-20-. The van der Waals surface area contributed by atoms with Gasteiger partial charge >= 0.3 is 5.69 Å². The summed E-state index contributed by atoms with van der Waals surface area (Å²) in [5.41, 5.74) is 7.26. The van der Waals surface area contributed by atoms with E-state index in [0.717, 1.165) is 78.5 Å². The highest BCUT2D eigenvalue weighted by molar-refractivity contribution is 7.99. The number of fused-ring (bicyclic) bond motifs is 2. The fourth-order valence-electron chi connectivity index (χ4n) is 6.00. The van der Waals surface area contributed by atoms with Gasteiger partial charge in [-0.15, -0.1) is 11.8 Å². The molecule has 12 heteroatoms. The molecule has 2 aromatic heterocycles. The Kier molecular flexibility index (Phi) is 7.45. The first-order valence-electron chi connectivity index (χ1n) is 13.2. The molecule has 8 nitrogen and oxygen atoms in total. The van der Waals surface area contributed by atoms with Gasteiger partial charge in [0.15, 0.2) is 5.13 Å². The number of nitrogens with zero attached hydrogens (tertiary/aromatic N) is 4. The van der Waals surface area contributed by atoms with Crippen LogP contribution in [-0.2, 0) is 0 Å². The monoisotopic (exact) mass is 587 g/mol. The van der Waals surface area contributed by atoms with E-state index < -0.39 is 5.83 Å². The van der Waals surface area contributed by atoms with E-state index in [-0.39, 0.29) is 16.9 Å². The molecule has 4 N–H and O–H groups in total. The number of piperazine rings is 1. The van der Waals surface area contributed by atoms with Crippen LogP contribution in [0.3, 0.4) is 0 Å². The van der Waals surface area contributed by atoms with Gasteiger partial charge in [-0.2, -0.15) is 4.98 Å². The zero-order valence-electron chi connectivity index (χ0n) is 21.7. The molecular formula is C27H31ClFN7OS2. The molecule has 0 saturated carbocycles. The Morgan fingerprint density at radius 1 is 1.36 bits per heavy atom. The summed E-state index contributed by atoms with van der Waals surface area (Å²) < 4.78 is 16.8. The Balaban J connectivity index is 1.60. The first-order chi connectivity index (χ1) is 18.9. The molecule has 3 atom stereocenters. The summed E-state index contributed by atoms with van der Waals surface area (Å²) >= 11 is 9.72. The van der Waals surface area contributed by atoms with Crippen LogP contribution in [0.4, 0.5) is 15.3 Å². The summed E-state index contributed by atoms with van der Waals surface area (Å²) in [4.78, 5) is 25.9. The summed E-state index contributed by atoms with van der Waals surface area (Å²) in [6.45, 7) is 6.03. The third-order valence-electron chi connectivity index (χ3n) is 7.75. The molecule has 2 saturated heterocycles. The smallest absolute Gasteiger partial charge is 0.350 e. The lowest BCUT2D eigenvalue weighted by Gasteiger charge is -2.36. The number of nitrogen functional groups attached to an aromatic ring is 1. The zero-order valence-corrected chi connectivity index (χ0v) is 24.1. The molecule has 39 heavy (non-hydrogen) atoms. The molecule has 0 amide bonds. The molecule has 3 unspecified atom stereocenters. The van der Waals surface area contributed by atoms with Crippen LogP contribution >= 0.6 is 34.7 Å².